The number of rotatable bonds is 9. The van der Waals surface area contributed by atoms with Crippen molar-refractivity contribution in [1.29, 1.82) is 0 Å². The average molecular weight is 418 g/mol. The summed E-state index contributed by atoms with van der Waals surface area (Å²) in [5.74, 6) is 3.53. The van der Waals surface area contributed by atoms with Gasteiger partial charge in [0.25, 0.3) is 0 Å². The van der Waals surface area contributed by atoms with E-state index in [4.69, 9.17) is 4.99 Å². The van der Waals surface area contributed by atoms with Crippen molar-refractivity contribution in [1.82, 2.24) is 29.9 Å². The van der Waals surface area contributed by atoms with Gasteiger partial charge in [0, 0.05) is 38.1 Å². The van der Waals surface area contributed by atoms with E-state index in [9.17, 15) is 0 Å². The molecule has 1 aliphatic rings. The number of hydrogen-bond acceptors (Lipinski definition) is 5. The molecule has 8 heteroatoms. The van der Waals surface area contributed by atoms with Crippen molar-refractivity contribution >= 4 is 17.3 Å². The van der Waals surface area contributed by atoms with Gasteiger partial charge in [0.1, 0.15) is 12.4 Å². The molecule has 0 bridgehead atoms. The van der Waals surface area contributed by atoms with Crippen LogP contribution in [0.5, 0.6) is 0 Å². The van der Waals surface area contributed by atoms with Gasteiger partial charge >= 0.3 is 0 Å². The molecule has 7 nitrogen and oxygen atoms in total. The standard InChI is InChI=1S/C21H35N7S/c1-5-27(6-2)15-18-10-12-28(16-18)21(22-11-9-19-8-7-13-29-19)23-14-20-25-24-17(3)26(20)4/h7-8,13,18H,5-6,9-12,14-16H2,1-4H3,(H,22,23). The van der Waals surface area contributed by atoms with Crippen molar-refractivity contribution in [3.63, 3.8) is 0 Å². The zero-order chi connectivity index (χ0) is 20.6. The highest BCUT2D eigenvalue weighted by Crippen LogP contribution is 2.18. The van der Waals surface area contributed by atoms with Crippen molar-refractivity contribution in [2.75, 3.05) is 39.3 Å². The Labute approximate surface area is 178 Å². The quantitative estimate of drug-likeness (QED) is 0.502. The second-order valence-electron chi connectivity index (χ2n) is 7.70. The largest absolute Gasteiger partial charge is 0.356 e. The summed E-state index contributed by atoms with van der Waals surface area (Å²) in [5, 5.41) is 14.2. The number of aryl methyl sites for hydroxylation is 1. The van der Waals surface area contributed by atoms with Gasteiger partial charge in [0.05, 0.1) is 0 Å². The second kappa shape index (κ2) is 10.7. The Morgan fingerprint density at radius 3 is 2.83 bits per heavy atom. The van der Waals surface area contributed by atoms with Crippen LogP contribution in [0.4, 0.5) is 0 Å². The summed E-state index contributed by atoms with van der Waals surface area (Å²) >= 11 is 1.81. The fourth-order valence-electron chi connectivity index (χ4n) is 3.78. The SMILES string of the molecule is CCN(CC)CC1CCN(C(=NCc2nnc(C)n2C)NCCc2cccs2)C1. The summed E-state index contributed by atoms with van der Waals surface area (Å²) in [6.45, 7) is 13.5. The highest BCUT2D eigenvalue weighted by atomic mass is 32.1. The molecule has 0 spiro atoms. The minimum Gasteiger partial charge on any atom is -0.356 e. The maximum atomic E-state index is 4.92. The summed E-state index contributed by atoms with van der Waals surface area (Å²) in [4.78, 5) is 11.3. The van der Waals surface area contributed by atoms with E-state index in [1.54, 1.807) is 0 Å². The number of hydrogen-bond donors (Lipinski definition) is 1. The van der Waals surface area contributed by atoms with Crippen LogP contribution in [-0.2, 0) is 20.0 Å². The summed E-state index contributed by atoms with van der Waals surface area (Å²) in [7, 11) is 2.00. The molecule has 0 radical (unpaired) electrons. The molecule has 2 aromatic rings. The zero-order valence-corrected chi connectivity index (χ0v) is 19.1. The molecule has 0 amide bonds. The first-order chi connectivity index (χ1) is 14.1. The lowest BCUT2D eigenvalue weighted by atomic mass is 10.1. The molecule has 1 aliphatic heterocycles. The van der Waals surface area contributed by atoms with Crippen LogP contribution in [0.25, 0.3) is 0 Å². The van der Waals surface area contributed by atoms with Crippen molar-refractivity contribution < 1.29 is 0 Å². The van der Waals surface area contributed by atoms with E-state index in [0.29, 0.717) is 12.5 Å². The molecular weight excluding hydrogens is 382 g/mol. The van der Waals surface area contributed by atoms with E-state index >= 15 is 0 Å². The van der Waals surface area contributed by atoms with Gasteiger partial charge in [0.2, 0.25) is 0 Å². The van der Waals surface area contributed by atoms with Gasteiger partial charge in [-0.15, -0.1) is 21.5 Å². The van der Waals surface area contributed by atoms with Crippen molar-refractivity contribution in [2.45, 2.75) is 40.2 Å². The number of aliphatic imine (C=N–C) groups is 1. The molecule has 1 fully saturated rings. The third-order valence-corrected chi connectivity index (χ3v) is 6.72. The highest BCUT2D eigenvalue weighted by molar-refractivity contribution is 7.09. The first kappa shape index (κ1) is 21.8. The number of thiophene rings is 1. The molecule has 0 aromatic carbocycles. The average Bonchev–Trinajstić information content (AvgIpc) is 3.47. The van der Waals surface area contributed by atoms with E-state index in [0.717, 1.165) is 56.8 Å². The van der Waals surface area contributed by atoms with E-state index in [1.165, 1.54) is 17.8 Å². The van der Waals surface area contributed by atoms with Crippen LogP contribution >= 0.6 is 11.3 Å². The molecule has 1 N–H and O–H groups in total. The van der Waals surface area contributed by atoms with Crippen LogP contribution in [0.1, 0.15) is 36.8 Å². The molecule has 3 heterocycles. The van der Waals surface area contributed by atoms with Crippen LogP contribution in [-0.4, -0.2) is 69.8 Å². The molecule has 0 aliphatic carbocycles. The van der Waals surface area contributed by atoms with Crippen molar-refractivity contribution in [3.05, 3.63) is 34.0 Å². The van der Waals surface area contributed by atoms with Crippen LogP contribution in [0.3, 0.4) is 0 Å². The number of likely N-dealkylation sites (tertiary alicyclic amines) is 1. The maximum Gasteiger partial charge on any atom is 0.194 e. The summed E-state index contributed by atoms with van der Waals surface area (Å²) in [6, 6.07) is 4.31. The highest BCUT2D eigenvalue weighted by Gasteiger charge is 2.26. The first-order valence-electron chi connectivity index (χ1n) is 10.7. The lowest BCUT2D eigenvalue weighted by Crippen LogP contribution is -2.41. The van der Waals surface area contributed by atoms with Gasteiger partial charge in [-0.2, -0.15) is 0 Å². The Morgan fingerprint density at radius 1 is 1.34 bits per heavy atom. The van der Waals surface area contributed by atoms with Crippen molar-refractivity contribution in [2.24, 2.45) is 18.0 Å². The van der Waals surface area contributed by atoms with E-state index in [1.807, 2.05) is 29.9 Å². The number of nitrogens with one attached hydrogen (secondary N) is 1. The summed E-state index contributed by atoms with van der Waals surface area (Å²) in [5.41, 5.74) is 0. The van der Waals surface area contributed by atoms with Gasteiger partial charge in [-0.05, 0) is 50.2 Å². The predicted octanol–water partition coefficient (Wildman–Crippen LogP) is 2.54. The Hall–Kier alpha value is -1.93. The van der Waals surface area contributed by atoms with Gasteiger partial charge in [0.15, 0.2) is 11.8 Å². The topological polar surface area (TPSA) is 61.6 Å². The van der Waals surface area contributed by atoms with E-state index < -0.39 is 0 Å². The normalized spacial score (nSPS) is 17.5. The monoisotopic (exact) mass is 417 g/mol. The Morgan fingerprint density at radius 2 is 2.17 bits per heavy atom. The van der Waals surface area contributed by atoms with Crippen LogP contribution < -0.4 is 5.32 Å². The predicted molar refractivity (Wildman–Crippen MR) is 120 cm³/mol. The fraction of sp³-hybridized carbons (Fsp3) is 0.667. The van der Waals surface area contributed by atoms with Crippen LogP contribution in [0.15, 0.2) is 22.5 Å². The third-order valence-electron chi connectivity index (χ3n) is 5.78. The minimum absolute atomic E-state index is 0.551. The van der Waals surface area contributed by atoms with Crippen molar-refractivity contribution in [3.8, 4) is 0 Å². The third kappa shape index (κ3) is 6.02. The van der Waals surface area contributed by atoms with E-state index in [-0.39, 0.29) is 0 Å². The molecule has 29 heavy (non-hydrogen) atoms. The summed E-state index contributed by atoms with van der Waals surface area (Å²) < 4.78 is 2.01. The van der Waals surface area contributed by atoms with E-state index in [2.05, 4.69) is 56.7 Å². The smallest absolute Gasteiger partial charge is 0.194 e. The molecule has 1 atom stereocenters. The molecule has 1 unspecified atom stereocenters. The molecule has 2 aromatic heterocycles. The molecular formula is C21H35N7S. The molecule has 1 saturated heterocycles. The first-order valence-corrected chi connectivity index (χ1v) is 11.6. The van der Waals surface area contributed by atoms with Gasteiger partial charge < -0.3 is 19.7 Å². The zero-order valence-electron chi connectivity index (χ0n) is 18.3. The lowest BCUT2D eigenvalue weighted by Gasteiger charge is -2.24. The van der Waals surface area contributed by atoms with Crippen LogP contribution in [0.2, 0.25) is 0 Å². The minimum atomic E-state index is 0.551. The molecule has 160 valence electrons. The molecule has 0 saturated carbocycles. The number of guanidine groups is 1. The number of aromatic nitrogens is 3. The summed E-state index contributed by atoms with van der Waals surface area (Å²) in [6.07, 6.45) is 2.25. The molecule has 3 rings (SSSR count). The Bertz CT molecular complexity index is 764. The Kier molecular flexibility index (Phi) is 8.06. The van der Waals surface area contributed by atoms with Gasteiger partial charge in [-0.25, -0.2) is 4.99 Å². The number of nitrogens with zero attached hydrogens (tertiary/aromatic N) is 6. The maximum absolute atomic E-state index is 4.92. The lowest BCUT2D eigenvalue weighted by molar-refractivity contribution is 0.255. The van der Waals surface area contributed by atoms with Gasteiger partial charge in [-0.3, -0.25) is 0 Å². The fourth-order valence-corrected chi connectivity index (χ4v) is 4.48. The van der Waals surface area contributed by atoms with Gasteiger partial charge in [-0.1, -0.05) is 19.9 Å². The Balaban J connectivity index is 1.63. The second-order valence-corrected chi connectivity index (χ2v) is 8.74. The van der Waals surface area contributed by atoms with Crippen LogP contribution in [0, 0.1) is 12.8 Å².